The number of nitrogens with zero attached hydrogens (tertiary/aromatic N) is 1. The van der Waals surface area contributed by atoms with Crippen molar-refractivity contribution in [3.63, 3.8) is 0 Å². The number of hydrogen-bond acceptors (Lipinski definition) is 3. The number of nitrogens with one attached hydrogen (secondary N) is 1. The van der Waals surface area contributed by atoms with Crippen LogP contribution in [0.2, 0.25) is 0 Å². The lowest BCUT2D eigenvalue weighted by atomic mass is 9.93. The molecule has 1 aromatic carbocycles. The zero-order valence-corrected chi connectivity index (χ0v) is 15.4. The van der Waals surface area contributed by atoms with Crippen LogP contribution in [0.5, 0.6) is 5.75 Å². The van der Waals surface area contributed by atoms with E-state index in [1.807, 2.05) is 29.2 Å². The molecule has 0 spiro atoms. The normalized spacial score (nSPS) is 20.7. The standard InChI is InChI=1S/C21H28N2O3/c1-26-19-10-6-5-9-17(19)15-20(24)23-13-11-18(12-14-23)22-21(25)16-7-3-2-4-8-16/h2-3,5-6,9-10,16,18H,4,7-8,11-15H2,1H3,(H,22,25)/t16-/m1/s1. The fourth-order valence-electron chi connectivity index (χ4n) is 3.75. The van der Waals surface area contributed by atoms with E-state index in [-0.39, 0.29) is 23.8 Å². The molecule has 1 N–H and O–H groups in total. The highest BCUT2D eigenvalue weighted by Crippen LogP contribution is 2.21. The Hall–Kier alpha value is -2.30. The lowest BCUT2D eigenvalue weighted by Crippen LogP contribution is -2.48. The van der Waals surface area contributed by atoms with Crippen molar-refractivity contribution in [3.05, 3.63) is 42.0 Å². The highest BCUT2D eigenvalue weighted by atomic mass is 16.5. The van der Waals surface area contributed by atoms with Crippen LogP contribution in [-0.2, 0) is 16.0 Å². The Morgan fingerprint density at radius 1 is 1.15 bits per heavy atom. The Kier molecular flexibility index (Phi) is 6.31. The number of para-hydroxylation sites is 1. The zero-order valence-electron chi connectivity index (χ0n) is 15.4. The maximum atomic E-state index is 12.6. The van der Waals surface area contributed by atoms with Crippen molar-refractivity contribution in [2.24, 2.45) is 5.92 Å². The zero-order chi connectivity index (χ0) is 18.4. The second kappa shape index (κ2) is 8.88. The van der Waals surface area contributed by atoms with Crippen LogP contribution in [-0.4, -0.2) is 43.0 Å². The van der Waals surface area contributed by atoms with Crippen LogP contribution in [0.1, 0.15) is 37.7 Å². The highest BCUT2D eigenvalue weighted by molar-refractivity contribution is 5.80. The van der Waals surface area contributed by atoms with Crippen molar-refractivity contribution in [2.75, 3.05) is 20.2 Å². The Bertz CT molecular complexity index is 663. The van der Waals surface area contributed by atoms with Gasteiger partial charge in [-0.15, -0.1) is 0 Å². The first kappa shape index (κ1) is 18.5. The minimum absolute atomic E-state index is 0.116. The maximum Gasteiger partial charge on any atom is 0.227 e. The van der Waals surface area contributed by atoms with Crippen LogP contribution < -0.4 is 10.1 Å². The summed E-state index contributed by atoms with van der Waals surface area (Å²) in [6.07, 6.45) is 9.05. The average Bonchev–Trinajstić information content (AvgIpc) is 2.69. The number of ether oxygens (including phenoxy) is 1. The molecule has 2 amide bonds. The number of hydrogen-bond donors (Lipinski definition) is 1. The molecule has 0 radical (unpaired) electrons. The molecular formula is C21H28N2O3. The molecule has 1 saturated heterocycles. The van der Waals surface area contributed by atoms with Crippen LogP contribution in [0.15, 0.2) is 36.4 Å². The summed E-state index contributed by atoms with van der Waals surface area (Å²) in [6.45, 7) is 1.40. The summed E-state index contributed by atoms with van der Waals surface area (Å²) in [5, 5.41) is 3.19. The number of carbonyl (C=O) groups excluding carboxylic acids is 2. The quantitative estimate of drug-likeness (QED) is 0.825. The summed E-state index contributed by atoms with van der Waals surface area (Å²) in [5.41, 5.74) is 0.917. The monoisotopic (exact) mass is 356 g/mol. The van der Waals surface area contributed by atoms with Gasteiger partial charge in [0.15, 0.2) is 0 Å². The number of amides is 2. The van der Waals surface area contributed by atoms with Crippen LogP contribution in [0.4, 0.5) is 0 Å². The lowest BCUT2D eigenvalue weighted by molar-refractivity contribution is -0.131. The predicted octanol–water partition coefficient (Wildman–Crippen LogP) is 2.70. The summed E-state index contributed by atoms with van der Waals surface area (Å²) in [4.78, 5) is 26.8. The lowest BCUT2D eigenvalue weighted by Gasteiger charge is -2.33. The Morgan fingerprint density at radius 3 is 2.62 bits per heavy atom. The molecule has 0 unspecified atom stereocenters. The molecule has 1 atom stereocenters. The first-order chi connectivity index (χ1) is 12.7. The Morgan fingerprint density at radius 2 is 1.92 bits per heavy atom. The van der Waals surface area contributed by atoms with Gasteiger partial charge in [0.2, 0.25) is 11.8 Å². The SMILES string of the molecule is COc1ccccc1CC(=O)N1CCC(NC(=O)[C@@H]2CC=CCC2)CC1. The molecule has 1 aliphatic heterocycles. The third-order valence-electron chi connectivity index (χ3n) is 5.37. The molecule has 0 saturated carbocycles. The van der Waals surface area contributed by atoms with E-state index in [2.05, 4.69) is 17.5 Å². The van der Waals surface area contributed by atoms with Crippen molar-refractivity contribution >= 4 is 11.8 Å². The Labute approximate surface area is 155 Å². The van der Waals surface area contributed by atoms with Gasteiger partial charge in [0, 0.05) is 30.6 Å². The van der Waals surface area contributed by atoms with Gasteiger partial charge in [-0.25, -0.2) is 0 Å². The molecule has 5 heteroatoms. The topological polar surface area (TPSA) is 58.6 Å². The van der Waals surface area contributed by atoms with E-state index in [9.17, 15) is 9.59 Å². The molecule has 0 aromatic heterocycles. The van der Waals surface area contributed by atoms with E-state index in [0.29, 0.717) is 19.5 Å². The first-order valence-electron chi connectivity index (χ1n) is 9.52. The second-order valence-corrected chi connectivity index (χ2v) is 7.13. The summed E-state index contributed by atoms with van der Waals surface area (Å²) in [6, 6.07) is 7.83. The number of benzene rings is 1. The summed E-state index contributed by atoms with van der Waals surface area (Å²) < 4.78 is 5.33. The fraction of sp³-hybridized carbons (Fsp3) is 0.524. The molecule has 0 bridgehead atoms. The van der Waals surface area contributed by atoms with Gasteiger partial charge in [-0.3, -0.25) is 9.59 Å². The number of allylic oxidation sites excluding steroid dienone is 2. The van der Waals surface area contributed by atoms with Gasteiger partial charge in [0.1, 0.15) is 5.75 Å². The Balaban J connectivity index is 1.46. The van der Waals surface area contributed by atoms with E-state index in [1.54, 1.807) is 7.11 Å². The number of piperidine rings is 1. The van der Waals surface area contributed by atoms with Crippen LogP contribution in [0.25, 0.3) is 0 Å². The third-order valence-corrected chi connectivity index (χ3v) is 5.37. The van der Waals surface area contributed by atoms with E-state index in [1.165, 1.54) is 0 Å². The van der Waals surface area contributed by atoms with Crippen molar-refractivity contribution in [1.82, 2.24) is 10.2 Å². The van der Waals surface area contributed by atoms with Crippen molar-refractivity contribution in [2.45, 2.75) is 44.6 Å². The molecule has 140 valence electrons. The third kappa shape index (κ3) is 4.65. The fourth-order valence-corrected chi connectivity index (χ4v) is 3.75. The summed E-state index contributed by atoms with van der Waals surface area (Å²) in [5.74, 6) is 1.17. The van der Waals surface area contributed by atoms with Gasteiger partial charge in [-0.2, -0.15) is 0 Å². The van der Waals surface area contributed by atoms with Crippen molar-refractivity contribution < 1.29 is 14.3 Å². The largest absolute Gasteiger partial charge is 0.496 e. The smallest absolute Gasteiger partial charge is 0.227 e. The predicted molar refractivity (Wildman–Crippen MR) is 101 cm³/mol. The van der Waals surface area contributed by atoms with Gasteiger partial charge in [0.05, 0.1) is 13.5 Å². The van der Waals surface area contributed by atoms with Gasteiger partial charge in [-0.05, 0) is 38.2 Å². The molecule has 3 rings (SSSR count). The highest BCUT2D eigenvalue weighted by Gasteiger charge is 2.26. The molecular weight excluding hydrogens is 328 g/mol. The van der Waals surface area contributed by atoms with Crippen molar-refractivity contribution in [3.8, 4) is 5.75 Å². The molecule has 26 heavy (non-hydrogen) atoms. The molecule has 1 aromatic rings. The van der Waals surface area contributed by atoms with Gasteiger partial charge in [0.25, 0.3) is 0 Å². The molecule has 5 nitrogen and oxygen atoms in total. The molecule has 2 aliphatic rings. The van der Waals surface area contributed by atoms with E-state index < -0.39 is 0 Å². The summed E-state index contributed by atoms with van der Waals surface area (Å²) in [7, 11) is 1.62. The number of methoxy groups -OCH3 is 1. The van der Waals surface area contributed by atoms with E-state index >= 15 is 0 Å². The van der Waals surface area contributed by atoms with E-state index in [0.717, 1.165) is 43.4 Å². The minimum atomic E-state index is 0.116. The van der Waals surface area contributed by atoms with Crippen LogP contribution in [0.3, 0.4) is 0 Å². The van der Waals surface area contributed by atoms with Crippen LogP contribution >= 0.6 is 0 Å². The van der Waals surface area contributed by atoms with Gasteiger partial charge >= 0.3 is 0 Å². The number of carbonyl (C=O) groups is 2. The van der Waals surface area contributed by atoms with Crippen LogP contribution in [0, 0.1) is 5.92 Å². The molecule has 1 fully saturated rings. The molecule has 1 heterocycles. The average molecular weight is 356 g/mol. The number of likely N-dealkylation sites (tertiary alicyclic amines) is 1. The maximum absolute atomic E-state index is 12.6. The minimum Gasteiger partial charge on any atom is -0.496 e. The van der Waals surface area contributed by atoms with E-state index in [4.69, 9.17) is 4.74 Å². The first-order valence-corrected chi connectivity index (χ1v) is 9.52. The van der Waals surface area contributed by atoms with Crippen molar-refractivity contribution in [1.29, 1.82) is 0 Å². The second-order valence-electron chi connectivity index (χ2n) is 7.13. The van der Waals surface area contributed by atoms with Gasteiger partial charge < -0.3 is 15.0 Å². The van der Waals surface area contributed by atoms with Gasteiger partial charge in [-0.1, -0.05) is 30.4 Å². The summed E-state index contributed by atoms with van der Waals surface area (Å²) >= 11 is 0. The molecule has 1 aliphatic carbocycles. The number of rotatable bonds is 5.